The van der Waals surface area contributed by atoms with E-state index in [0.29, 0.717) is 16.2 Å². The predicted molar refractivity (Wildman–Crippen MR) is 108 cm³/mol. The van der Waals surface area contributed by atoms with Gasteiger partial charge in [-0.3, -0.25) is 24.8 Å². The number of aryl methyl sites for hydroxylation is 1. The number of nitrogens with one attached hydrogen (secondary N) is 1. The second-order valence-electron chi connectivity index (χ2n) is 7.14. The Morgan fingerprint density at radius 3 is 2.39 bits per heavy atom. The Hall–Kier alpha value is -4.01. The number of nitrogens with zero attached hydrogens (tertiary/aromatic N) is 2. The van der Waals surface area contributed by atoms with Crippen molar-refractivity contribution in [2.24, 2.45) is 0 Å². The van der Waals surface area contributed by atoms with Crippen molar-refractivity contribution in [3.63, 3.8) is 0 Å². The second kappa shape index (κ2) is 8.39. The van der Waals surface area contributed by atoms with Crippen LogP contribution in [0.25, 0.3) is 11.0 Å². The maximum absolute atomic E-state index is 12.8. The summed E-state index contributed by atoms with van der Waals surface area (Å²) in [6, 6.07) is 9.79. The van der Waals surface area contributed by atoms with Crippen molar-refractivity contribution >= 4 is 34.2 Å². The summed E-state index contributed by atoms with van der Waals surface area (Å²) in [6.45, 7) is 5.09. The van der Waals surface area contributed by atoms with Crippen LogP contribution in [0.3, 0.4) is 0 Å². The van der Waals surface area contributed by atoms with Gasteiger partial charge in [-0.1, -0.05) is 12.1 Å². The number of carbonyl (C=O) groups excluding carboxylic acids is 3. The minimum atomic E-state index is -0.972. The van der Waals surface area contributed by atoms with E-state index in [1.54, 1.807) is 18.2 Å². The Labute approximate surface area is 178 Å². The van der Waals surface area contributed by atoms with Crippen molar-refractivity contribution < 1.29 is 39.0 Å². The largest absolute Gasteiger partial charge is 0.496 e. The number of anilines is 1. The number of carbonyl (C=O) groups is 3. The summed E-state index contributed by atoms with van der Waals surface area (Å²) >= 11 is 0. The highest BCUT2D eigenvalue weighted by Crippen LogP contribution is 2.19. The van der Waals surface area contributed by atoms with E-state index in [0.717, 1.165) is 15.9 Å². The lowest BCUT2D eigenvalue weighted by molar-refractivity contribution is -0.924. The zero-order valence-corrected chi connectivity index (χ0v) is 17.6. The second-order valence-corrected chi connectivity index (χ2v) is 7.14. The molecule has 3 aromatic rings. The molecule has 0 saturated heterocycles. The molecule has 0 aliphatic heterocycles. The summed E-state index contributed by atoms with van der Waals surface area (Å²) in [6.07, 6.45) is -0.784. The van der Waals surface area contributed by atoms with Gasteiger partial charge in [0, 0.05) is 28.1 Å². The number of methoxy groups -OCH3 is 1. The highest BCUT2D eigenvalue weighted by molar-refractivity contribution is 6.44. The Morgan fingerprint density at radius 1 is 1.00 bits per heavy atom. The van der Waals surface area contributed by atoms with Crippen LogP contribution >= 0.6 is 0 Å². The van der Waals surface area contributed by atoms with Crippen LogP contribution in [0.1, 0.15) is 33.7 Å². The number of ether oxygens (including phenoxy) is 1. The fourth-order valence-corrected chi connectivity index (χ4v) is 3.24. The molecule has 0 saturated carbocycles. The van der Waals surface area contributed by atoms with Gasteiger partial charge in [0.1, 0.15) is 5.75 Å². The molecule has 1 amide bonds. The van der Waals surface area contributed by atoms with E-state index in [2.05, 4.69) is 5.32 Å². The molecule has 0 atom stereocenters. The van der Waals surface area contributed by atoms with Crippen molar-refractivity contribution in [1.29, 1.82) is 0 Å². The highest BCUT2D eigenvalue weighted by atomic mass is 16.5. The first-order valence-corrected chi connectivity index (χ1v) is 9.46. The molecule has 0 bridgehead atoms. The molecule has 9 heteroatoms. The van der Waals surface area contributed by atoms with Gasteiger partial charge in [-0.25, -0.2) is 0 Å². The van der Waals surface area contributed by atoms with Crippen molar-refractivity contribution in [3.05, 3.63) is 58.9 Å². The molecular weight excluding hydrogens is 402 g/mol. The fraction of sp³-hybridized carbons (Fsp3) is 0.227. The van der Waals surface area contributed by atoms with Gasteiger partial charge in [0.15, 0.2) is 0 Å². The van der Waals surface area contributed by atoms with Gasteiger partial charge in [0.2, 0.25) is 11.6 Å². The number of aromatic nitrogens is 2. The molecule has 1 heterocycles. The average molecular weight is 425 g/mol. The normalized spacial score (nSPS) is 10.7. The van der Waals surface area contributed by atoms with Crippen LogP contribution < -0.4 is 19.5 Å². The highest BCUT2D eigenvalue weighted by Gasteiger charge is 2.38. The van der Waals surface area contributed by atoms with Crippen LogP contribution in [0, 0.1) is 20.8 Å². The first-order chi connectivity index (χ1) is 14.6. The SMILES string of the molecule is COc1ccc2c(c1)[n+](O)c(C(=O)CC(=O)C(=O)Nc1cccc(C)c1C)c(C)[n+]2O. The molecule has 0 aliphatic carbocycles. The van der Waals surface area contributed by atoms with E-state index in [4.69, 9.17) is 4.74 Å². The molecule has 0 fully saturated rings. The third-order valence-electron chi connectivity index (χ3n) is 5.20. The standard InChI is InChI=1S/C22H22N3O6/c1-12-6-5-7-16(13(12)2)23-22(28)20(27)11-19(26)21-14(3)24(29)17-9-8-15(31-4)10-18(17)25(21)30/h5-10H,11H2,1-4H3,(H2-,23,26,27,28,29,30)/q+1/p+1. The van der Waals surface area contributed by atoms with Crippen LogP contribution in [0.15, 0.2) is 36.4 Å². The fourth-order valence-electron chi connectivity index (χ4n) is 3.24. The summed E-state index contributed by atoms with van der Waals surface area (Å²) in [5, 5.41) is 23.5. The lowest BCUT2D eigenvalue weighted by atomic mass is 10.1. The molecule has 9 nitrogen and oxygen atoms in total. The Bertz CT molecular complexity index is 1240. The molecule has 31 heavy (non-hydrogen) atoms. The van der Waals surface area contributed by atoms with Gasteiger partial charge >= 0.3 is 22.4 Å². The van der Waals surface area contributed by atoms with Crippen molar-refractivity contribution in [3.8, 4) is 5.75 Å². The zero-order chi connectivity index (χ0) is 22.9. The molecule has 160 valence electrons. The number of benzene rings is 2. The van der Waals surface area contributed by atoms with Crippen LogP contribution in [-0.2, 0) is 9.59 Å². The average Bonchev–Trinajstić information content (AvgIpc) is 2.75. The minimum absolute atomic E-state index is 0.00732. The van der Waals surface area contributed by atoms with Gasteiger partial charge in [0.05, 0.1) is 19.6 Å². The summed E-state index contributed by atoms with van der Waals surface area (Å²) in [4.78, 5) is 37.5. The molecule has 0 spiro atoms. The summed E-state index contributed by atoms with van der Waals surface area (Å²) in [5.74, 6) is -2.35. The van der Waals surface area contributed by atoms with Gasteiger partial charge in [-0.15, -0.1) is 0 Å². The van der Waals surface area contributed by atoms with E-state index in [9.17, 15) is 24.8 Å². The monoisotopic (exact) mass is 425 g/mol. The van der Waals surface area contributed by atoms with E-state index in [1.165, 1.54) is 26.2 Å². The maximum atomic E-state index is 12.8. The minimum Gasteiger partial charge on any atom is -0.496 e. The van der Waals surface area contributed by atoms with Crippen molar-refractivity contribution in [1.82, 2.24) is 0 Å². The third kappa shape index (κ3) is 4.02. The van der Waals surface area contributed by atoms with Crippen LogP contribution in [0.2, 0.25) is 0 Å². The number of rotatable bonds is 6. The summed E-state index contributed by atoms with van der Waals surface area (Å²) in [7, 11) is 1.43. The van der Waals surface area contributed by atoms with Gasteiger partial charge in [-0.2, -0.15) is 0 Å². The lowest BCUT2D eigenvalue weighted by Crippen LogP contribution is -2.49. The van der Waals surface area contributed by atoms with Crippen LogP contribution in [0.5, 0.6) is 5.75 Å². The maximum Gasteiger partial charge on any atom is 0.371 e. The zero-order valence-electron chi connectivity index (χ0n) is 17.6. The Kier molecular flexibility index (Phi) is 5.87. The van der Waals surface area contributed by atoms with Crippen LogP contribution in [0.4, 0.5) is 5.69 Å². The van der Waals surface area contributed by atoms with Gasteiger partial charge in [-0.05, 0) is 37.1 Å². The summed E-state index contributed by atoms with van der Waals surface area (Å²) in [5.41, 5.74) is 2.22. The van der Waals surface area contributed by atoms with Gasteiger partial charge < -0.3 is 10.1 Å². The molecule has 3 N–H and O–H groups in total. The van der Waals surface area contributed by atoms with Crippen molar-refractivity contribution in [2.75, 3.05) is 12.4 Å². The quantitative estimate of drug-likeness (QED) is 0.181. The first-order valence-electron chi connectivity index (χ1n) is 9.46. The number of hydrogen-bond donors (Lipinski definition) is 3. The number of fused-ring (bicyclic) bond motifs is 1. The number of hydrogen-bond acceptors (Lipinski definition) is 6. The van der Waals surface area contributed by atoms with Crippen LogP contribution in [-0.4, -0.2) is 35.0 Å². The molecule has 1 aromatic heterocycles. The topological polar surface area (TPSA) is 121 Å². The molecule has 0 aliphatic rings. The molecule has 0 radical (unpaired) electrons. The van der Waals surface area contributed by atoms with E-state index in [1.807, 2.05) is 19.9 Å². The number of ketones is 2. The summed E-state index contributed by atoms with van der Waals surface area (Å²) < 4.78 is 6.42. The third-order valence-corrected chi connectivity index (χ3v) is 5.20. The van der Waals surface area contributed by atoms with Crippen molar-refractivity contribution in [2.45, 2.75) is 27.2 Å². The van der Waals surface area contributed by atoms with E-state index < -0.39 is 23.9 Å². The first kappa shape index (κ1) is 21.7. The number of amides is 1. The van der Waals surface area contributed by atoms with Gasteiger partial charge in [0.25, 0.3) is 5.91 Å². The number of Topliss-reactive ketones (excluding diaryl/α,β-unsaturated/α-hetero) is 2. The predicted octanol–water partition coefficient (Wildman–Crippen LogP) is 1.60. The molecular formula is C22H23N3O6+2. The van der Waals surface area contributed by atoms with E-state index in [-0.39, 0.29) is 22.4 Å². The molecule has 3 rings (SSSR count). The Morgan fingerprint density at radius 2 is 1.71 bits per heavy atom. The Balaban J connectivity index is 1.89. The molecule has 2 aromatic carbocycles. The lowest BCUT2D eigenvalue weighted by Gasteiger charge is -2.09. The molecule has 0 unspecified atom stereocenters. The smallest absolute Gasteiger partial charge is 0.371 e. The van der Waals surface area contributed by atoms with E-state index >= 15 is 0 Å².